The Morgan fingerprint density at radius 3 is 2.50 bits per heavy atom. The maximum absolute atomic E-state index is 12.5. The minimum Gasteiger partial charge on any atom is -0.309 e. The normalized spacial score (nSPS) is 13.9. The summed E-state index contributed by atoms with van der Waals surface area (Å²) in [6.45, 7) is 10.1. The first kappa shape index (κ1) is 17.1. The highest BCUT2D eigenvalue weighted by molar-refractivity contribution is 7.89. The number of aryl methyl sites for hydroxylation is 1. The van der Waals surface area contributed by atoms with Gasteiger partial charge in [-0.1, -0.05) is 27.2 Å². The molecule has 0 aromatic carbocycles. The van der Waals surface area contributed by atoms with Crippen LogP contribution in [-0.2, 0) is 16.6 Å². The number of H-pyrrole nitrogens is 1. The van der Waals surface area contributed by atoms with Crippen LogP contribution in [-0.4, -0.2) is 30.7 Å². The molecule has 0 radical (unpaired) electrons. The van der Waals surface area contributed by atoms with Gasteiger partial charge in [-0.05, 0) is 20.3 Å². The van der Waals surface area contributed by atoms with Gasteiger partial charge in [0.15, 0.2) is 0 Å². The molecule has 1 aromatic rings. The average Bonchev–Trinajstić information content (AvgIpc) is 2.68. The molecule has 0 saturated heterocycles. The molecule has 6 nitrogen and oxygen atoms in total. The molecule has 0 amide bonds. The Morgan fingerprint density at radius 1 is 1.30 bits per heavy atom. The molecule has 0 spiro atoms. The van der Waals surface area contributed by atoms with E-state index in [-0.39, 0.29) is 17.0 Å². The van der Waals surface area contributed by atoms with E-state index < -0.39 is 10.0 Å². The zero-order valence-corrected chi connectivity index (χ0v) is 13.8. The Hall–Kier alpha value is -0.920. The Balaban J connectivity index is 2.96. The fourth-order valence-electron chi connectivity index (χ4n) is 2.06. The van der Waals surface area contributed by atoms with Crippen molar-refractivity contribution in [1.82, 2.24) is 20.2 Å². The molecule has 20 heavy (non-hydrogen) atoms. The molecule has 0 fully saturated rings. The quantitative estimate of drug-likeness (QED) is 0.682. The van der Waals surface area contributed by atoms with Gasteiger partial charge in [0.1, 0.15) is 4.90 Å². The summed E-state index contributed by atoms with van der Waals surface area (Å²) in [5, 5.41) is 10.1. The number of hydrogen-bond donors (Lipinski definition) is 3. The Morgan fingerprint density at radius 2 is 1.95 bits per heavy atom. The van der Waals surface area contributed by atoms with Crippen molar-refractivity contribution in [1.29, 1.82) is 0 Å². The fourth-order valence-corrected chi connectivity index (χ4v) is 3.70. The van der Waals surface area contributed by atoms with Crippen molar-refractivity contribution < 1.29 is 8.42 Å². The van der Waals surface area contributed by atoms with Crippen molar-refractivity contribution in [3.8, 4) is 0 Å². The van der Waals surface area contributed by atoms with Gasteiger partial charge in [0.2, 0.25) is 10.0 Å². The molecule has 7 heteroatoms. The van der Waals surface area contributed by atoms with Gasteiger partial charge in [0.25, 0.3) is 0 Å². The van der Waals surface area contributed by atoms with Gasteiger partial charge in [-0.2, -0.15) is 5.10 Å². The summed E-state index contributed by atoms with van der Waals surface area (Å²) in [4.78, 5) is 0.272. The predicted molar refractivity (Wildman–Crippen MR) is 80.0 cm³/mol. The molecule has 0 bridgehead atoms. The van der Waals surface area contributed by atoms with Gasteiger partial charge >= 0.3 is 0 Å². The first-order valence-electron chi connectivity index (χ1n) is 7.07. The molecule has 1 heterocycles. The second-order valence-corrected chi connectivity index (χ2v) is 7.12. The summed E-state index contributed by atoms with van der Waals surface area (Å²) in [7, 11) is -3.53. The molecule has 3 N–H and O–H groups in total. The molecule has 0 aliphatic carbocycles. The van der Waals surface area contributed by atoms with E-state index in [1.165, 1.54) is 0 Å². The lowest BCUT2D eigenvalue weighted by atomic mass is 10.2. The molecule has 0 aliphatic heterocycles. The SMILES string of the molecule is CCCC(C)NS(=O)(=O)c1c(CNC(C)C)n[nH]c1C. The number of nitrogens with zero attached hydrogens (tertiary/aromatic N) is 1. The Labute approximate surface area is 121 Å². The van der Waals surface area contributed by atoms with Gasteiger partial charge in [-0.15, -0.1) is 0 Å². The van der Waals surface area contributed by atoms with Crippen LogP contribution in [0.1, 0.15) is 51.9 Å². The monoisotopic (exact) mass is 302 g/mol. The van der Waals surface area contributed by atoms with E-state index in [2.05, 4.69) is 20.2 Å². The Kier molecular flexibility index (Phi) is 6.16. The molecular formula is C13H26N4O2S. The molecule has 1 rings (SSSR count). The second-order valence-electron chi connectivity index (χ2n) is 5.47. The van der Waals surface area contributed by atoms with Crippen LogP contribution in [0.3, 0.4) is 0 Å². The van der Waals surface area contributed by atoms with Crippen LogP contribution in [0.4, 0.5) is 0 Å². The number of rotatable bonds is 8. The molecule has 1 atom stereocenters. The Bertz CT molecular complexity index is 522. The van der Waals surface area contributed by atoms with Gasteiger partial charge in [-0.3, -0.25) is 5.10 Å². The van der Waals surface area contributed by atoms with Crippen molar-refractivity contribution in [3.05, 3.63) is 11.4 Å². The third kappa shape index (κ3) is 4.57. The van der Waals surface area contributed by atoms with Gasteiger partial charge in [0.05, 0.1) is 11.4 Å². The minimum atomic E-state index is -3.53. The highest BCUT2D eigenvalue weighted by Crippen LogP contribution is 2.18. The molecule has 1 aromatic heterocycles. The van der Waals surface area contributed by atoms with E-state index >= 15 is 0 Å². The van der Waals surface area contributed by atoms with Gasteiger partial charge in [0, 0.05) is 18.6 Å². The van der Waals surface area contributed by atoms with Crippen LogP contribution < -0.4 is 10.0 Å². The molecule has 0 saturated carbocycles. The van der Waals surface area contributed by atoms with Crippen molar-refractivity contribution >= 4 is 10.0 Å². The van der Waals surface area contributed by atoms with E-state index in [4.69, 9.17) is 0 Å². The minimum absolute atomic E-state index is 0.0785. The topological polar surface area (TPSA) is 86.9 Å². The third-order valence-corrected chi connectivity index (χ3v) is 4.78. The van der Waals surface area contributed by atoms with Crippen LogP contribution in [0, 0.1) is 6.92 Å². The number of sulfonamides is 1. The first-order valence-corrected chi connectivity index (χ1v) is 8.55. The van der Waals surface area contributed by atoms with Gasteiger partial charge in [-0.25, -0.2) is 13.1 Å². The lowest BCUT2D eigenvalue weighted by Crippen LogP contribution is -2.33. The van der Waals surface area contributed by atoms with Crippen LogP contribution in [0.5, 0.6) is 0 Å². The van der Waals surface area contributed by atoms with E-state index in [0.717, 1.165) is 12.8 Å². The zero-order chi connectivity index (χ0) is 15.3. The number of aromatic nitrogens is 2. The standard InChI is InChI=1S/C13H26N4O2S/c1-6-7-10(4)17-20(18,19)13-11(5)15-16-12(13)8-14-9(2)3/h9-10,14,17H,6-8H2,1-5H3,(H,15,16). The molecular weight excluding hydrogens is 276 g/mol. The van der Waals surface area contributed by atoms with Crippen molar-refractivity contribution in [3.63, 3.8) is 0 Å². The van der Waals surface area contributed by atoms with Crippen LogP contribution in [0.25, 0.3) is 0 Å². The van der Waals surface area contributed by atoms with Crippen molar-refractivity contribution in [2.24, 2.45) is 0 Å². The van der Waals surface area contributed by atoms with Crippen LogP contribution in [0.15, 0.2) is 4.90 Å². The van der Waals surface area contributed by atoms with Crippen molar-refractivity contribution in [2.75, 3.05) is 0 Å². The van der Waals surface area contributed by atoms with E-state index in [0.29, 0.717) is 17.9 Å². The summed E-state index contributed by atoms with van der Waals surface area (Å²) >= 11 is 0. The average molecular weight is 302 g/mol. The highest BCUT2D eigenvalue weighted by Gasteiger charge is 2.25. The maximum Gasteiger partial charge on any atom is 0.244 e. The predicted octanol–water partition coefficient (Wildman–Crippen LogP) is 1.68. The van der Waals surface area contributed by atoms with Crippen LogP contribution >= 0.6 is 0 Å². The lowest BCUT2D eigenvalue weighted by Gasteiger charge is -2.14. The van der Waals surface area contributed by atoms with Gasteiger partial charge < -0.3 is 5.32 Å². The second kappa shape index (κ2) is 7.19. The smallest absolute Gasteiger partial charge is 0.244 e. The fraction of sp³-hybridized carbons (Fsp3) is 0.769. The van der Waals surface area contributed by atoms with E-state index in [9.17, 15) is 8.42 Å². The lowest BCUT2D eigenvalue weighted by molar-refractivity contribution is 0.538. The molecule has 0 aliphatic rings. The summed E-state index contributed by atoms with van der Waals surface area (Å²) in [5.41, 5.74) is 1.11. The number of nitrogens with one attached hydrogen (secondary N) is 3. The molecule has 1 unspecified atom stereocenters. The summed E-state index contributed by atoms with van der Waals surface area (Å²) in [6, 6.07) is 0.194. The largest absolute Gasteiger partial charge is 0.309 e. The number of aromatic amines is 1. The van der Waals surface area contributed by atoms with Crippen molar-refractivity contribution in [2.45, 2.75) is 71.0 Å². The molecule has 116 valence electrons. The maximum atomic E-state index is 12.5. The van der Waals surface area contributed by atoms with E-state index in [1.54, 1.807) is 6.92 Å². The zero-order valence-electron chi connectivity index (χ0n) is 12.9. The third-order valence-electron chi connectivity index (χ3n) is 2.99. The number of hydrogen-bond acceptors (Lipinski definition) is 4. The summed E-state index contributed by atoms with van der Waals surface area (Å²) in [6.07, 6.45) is 1.76. The summed E-state index contributed by atoms with van der Waals surface area (Å²) in [5.74, 6) is 0. The highest BCUT2D eigenvalue weighted by atomic mass is 32.2. The van der Waals surface area contributed by atoms with E-state index in [1.807, 2.05) is 27.7 Å². The summed E-state index contributed by atoms with van der Waals surface area (Å²) < 4.78 is 27.6. The first-order chi connectivity index (χ1) is 9.27. The van der Waals surface area contributed by atoms with Crippen LogP contribution in [0.2, 0.25) is 0 Å².